The molecule has 1 aromatic heterocycles. The van der Waals surface area contributed by atoms with Crippen LogP contribution in [0.15, 0.2) is 46.9 Å². The van der Waals surface area contributed by atoms with Crippen LogP contribution in [0.3, 0.4) is 0 Å². The number of allylic oxidation sites excluding steroid dienone is 2. The van der Waals surface area contributed by atoms with E-state index in [0.717, 1.165) is 36.0 Å². The molecule has 0 fully saturated rings. The third kappa shape index (κ3) is 3.22. The highest BCUT2D eigenvalue weighted by molar-refractivity contribution is 5.79. The fourth-order valence-electron chi connectivity index (χ4n) is 2.83. The summed E-state index contributed by atoms with van der Waals surface area (Å²) in [5, 5.41) is 4.03. The Morgan fingerprint density at radius 3 is 3.00 bits per heavy atom. The average Bonchev–Trinajstić information content (AvgIpc) is 3.00. The molecule has 3 rings (SSSR count). The predicted molar refractivity (Wildman–Crippen MR) is 85.5 cm³/mol. The van der Waals surface area contributed by atoms with Gasteiger partial charge < -0.3 is 14.5 Å². The van der Waals surface area contributed by atoms with Crippen LogP contribution < -0.4 is 5.32 Å². The van der Waals surface area contributed by atoms with Crippen molar-refractivity contribution in [3.63, 3.8) is 0 Å². The number of methoxy groups -OCH3 is 1. The lowest BCUT2D eigenvalue weighted by Gasteiger charge is -2.19. The molecule has 1 amide bonds. The van der Waals surface area contributed by atoms with Gasteiger partial charge in [-0.2, -0.15) is 0 Å². The summed E-state index contributed by atoms with van der Waals surface area (Å²) in [6.45, 7) is 0.426. The number of furan rings is 1. The van der Waals surface area contributed by atoms with Crippen LogP contribution in [0.4, 0.5) is 0 Å². The number of hydrogen-bond donors (Lipinski definition) is 1. The normalized spacial score (nSPS) is 19.2. The molecule has 1 aliphatic rings. The average molecular weight is 299 g/mol. The number of hydrogen-bond acceptors (Lipinski definition) is 3. The number of amides is 1. The standard InChI is InChI=1S/C18H21NO3/c1-21-17(12-19-18(20)13-7-3-2-4-8-13)16-11-14-9-5-6-10-15(14)22-16/h2-3,5-6,9-11,13,17H,4,7-8,12H2,1H3,(H,19,20)/t13-,17-/m1/s1. The molecule has 116 valence electrons. The number of nitrogens with one attached hydrogen (secondary N) is 1. The van der Waals surface area contributed by atoms with Crippen LogP contribution in [-0.4, -0.2) is 19.6 Å². The fourth-order valence-corrected chi connectivity index (χ4v) is 2.83. The van der Waals surface area contributed by atoms with Crippen molar-refractivity contribution >= 4 is 16.9 Å². The van der Waals surface area contributed by atoms with E-state index >= 15 is 0 Å². The van der Waals surface area contributed by atoms with E-state index in [9.17, 15) is 4.79 Å². The van der Waals surface area contributed by atoms with Gasteiger partial charge in [-0.05, 0) is 31.4 Å². The number of para-hydroxylation sites is 1. The van der Waals surface area contributed by atoms with Crippen LogP contribution in [0.1, 0.15) is 31.1 Å². The van der Waals surface area contributed by atoms with E-state index in [4.69, 9.17) is 9.15 Å². The Kier molecular flexibility index (Phi) is 4.59. The van der Waals surface area contributed by atoms with Crippen LogP contribution in [-0.2, 0) is 9.53 Å². The van der Waals surface area contributed by atoms with E-state index < -0.39 is 0 Å². The van der Waals surface area contributed by atoms with Gasteiger partial charge in [-0.1, -0.05) is 30.4 Å². The molecular formula is C18H21NO3. The van der Waals surface area contributed by atoms with Crippen molar-refractivity contribution < 1.29 is 13.9 Å². The molecule has 2 atom stereocenters. The van der Waals surface area contributed by atoms with Gasteiger partial charge in [0.15, 0.2) is 0 Å². The van der Waals surface area contributed by atoms with E-state index in [-0.39, 0.29) is 17.9 Å². The third-order valence-electron chi connectivity index (χ3n) is 4.15. The maximum atomic E-state index is 12.2. The van der Waals surface area contributed by atoms with Crippen LogP contribution in [0.25, 0.3) is 11.0 Å². The first-order valence-electron chi connectivity index (χ1n) is 7.72. The lowest BCUT2D eigenvalue weighted by atomic mass is 9.93. The van der Waals surface area contributed by atoms with Gasteiger partial charge in [0.25, 0.3) is 0 Å². The molecule has 1 aliphatic carbocycles. The van der Waals surface area contributed by atoms with E-state index in [1.807, 2.05) is 30.3 Å². The maximum absolute atomic E-state index is 12.2. The molecule has 1 aromatic carbocycles. The summed E-state index contributed by atoms with van der Waals surface area (Å²) in [4.78, 5) is 12.2. The molecule has 4 nitrogen and oxygen atoms in total. The molecule has 0 bridgehead atoms. The molecule has 1 N–H and O–H groups in total. The Morgan fingerprint density at radius 2 is 2.27 bits per heavy atom. The zero-order valence-electron chi connectivity index (χ0n) is 12.7. The minimum Gasteiger partial charge on any atom is -0.458 e. The van der Waals surface area contributed by atoms with Crippen molar-refractivity contribution in [3.05, 3.63) is 48.2 Å². The molecule has 22 heavy (non-hydrogen) atoms. The first kappa shape index (κ1) is 14.9. The number of carbonyl (C=O) groups excluding carboxylic acids is 1. The van der Waals surface area contributed by atoms with Gasteiger partial charge in [0, 0.05) is 18.4 Å². The molecule has 0 spiro atoms. The van der Waals surface area contributed by atoms with Crippen molar-refractivity contribution in [1.29, 1.82) is 0 Å². The van der Waals surface area contributed by atoms with E-state index in [2.05, 4.69) is 17.5 Å². The lowest BCUT2D eigenvalue weighted by Crippen LogP contribution is -2.34. The van der Waals surface area contributed by atoms with Gasteiger partial charge >= 0.3 is 0 Å². The van der Waals surface area contributed by atoms with Crippen LogP contribution >= 0.6 is 0 Å². The highest BCUT2D eigenvalue weighted by Crippen LogP contribution is 2.25. The Labute approximate surface area is 130 Å². The quantitative estimate of drug-likeness (QED) is 0.858. The number of fused-ring (bicyclic) bond motifs is 1. The lowest BCUT2D eigenvalue weighted by molar-refractivity contribution is -0.125. The first-order valence-corrected chi connectivity index (χ1v) is 7.72. The Balaban J connectivity index is 1.64. The minimum absolute atomic E-state index is 0.0816. The van der Waals surface area contributed by atoms with Gasteiger partial charge in [0.05, 0.1) is 6.54 Å². The second-order valence-electron chi connectivity index (χ2n) is 5.64. The Bertz CT molecular complexity index is 641. The molecule has 4 heteroatoms. The first-order chi connectivity index (χ1) is 10.8. The van der Waals surface area contributed by atoms with Crippen molar-refractivity contribution in [2.45, 2.75) is 25.4 Å². The molecule has 0 radical (unpaired) electrons. The van der Waals surface area contributed by atoms with Gasteiger partial charge in [-0.3, -0.25) is 4.79 Å². The van der Waals surface area contributed by atoms with Crippen molar-refractivity contribution in [3.8, 4) is 0 Å². The van der Waals surface area contributed by atoms with Crippen molar-refractivity contribution in [1.82, 2.24) is 5.32 Å². The van der Waals surface area contributed by atoms with Gasteiger partial charge in [0.2, 0.25) is 5.91 Å². The van der Waals surface area contributed by atoms with Crippen molar-refractivity contribution in [2.24, 2.45) is 5.92 Å². The highest BCUT2D eigenvalue weighted by atomic mass is 16.5. The summed E-state index contributed by atoms with van der Waals surface area (Å²) in [5.74, 6) is 0.924. The van der Waals surface area contributed by atoms with Gasteiger partial charge in [-0.15, -0.1) is 0 Å². The number of rotatable bonds is 5. The Morgan fingerprint density at radius 1 is 1.41 bits per heavy atom. The molecule has 2 aromatic rings. The van der Waals surface area contributed by atoms with Crippen LogP contribution in [0, 0.1) is 5.92 Å². The number of benzene rings is 1. The summed E-state index contributed by atoms with van der Waals surface area (Å²) in [6.07, 6.45) is 6.68. The zero-order chi connectivity index (χ0) is 15.4. The molecule has 0 saturated heterocycles. The molecule has 0 aliphatic heterocycles. The summed E-state index contributed by atoms with van der Waals surface area (Å²) in [7, 11) is 1.63. The second kappa shape index (κ2) is 6.79. The smallest absolute Gasteiger partial charge is 0.223 e. The maximum Gasteiger partial charge on any atom is 0.223 e. The van der Waals surface area contributed by atoms with Crippen molar-refractivity contribution in [2.75, 3.05) is 13.7 Å². The summed E-state index contributed by atoms with van der Waals surface area (Å²) < 4.78 is 11.3. The summed E-state index contributed by atoms with van der Waals surface area (Å²) in [5.41, 5.74) is 0.836. The summed E-state index contributed by atoms with van der Waals surface area (Å²) >= 11 is 0. The largest absolute Gasteiger partial charge is 0.458 e. The SMILES string of the molecule is CO[C@H](CNC(=O)[C@@H]1CC=CCC1)c1cc2ccccc2o1. The molecular weight excluding hydrogens is 278 g/mol. The van der Waals surface area contributed by atoms with Crippen LogP contribution in [0.5, 0.6) is 0 Å². The monoisotopic (exact) mass is 299 g/mol. The highest BCUT2D eigenvalue weighted by Gasteiger charge is 2.21. The van der Waals surface area contributed by atoms with E-state index in [0.29, 0.717) is 6.54 Å². The molecule has 1 heterocycles. The molecule has 0 unspecified atom stereocenters. The Hall–Kier alpha value is -2.07. The number of ether oxygens (including phenoxy) is 1. The van der Waals surface area contributed by atoms with E-state index in [1.54, 1.807) is 7.11 Å². The van der Waals surface area contributed by atoms with Crippen LogP contribution in [0.2, 0.25) is 0 Å². The minimum atomic E-state index is -0.268. The summed E-state index contributed by atoms with van der Waals surface area (Å²) in [6, 6.07) is 9.82. The topological polar surface area (TPSA) is 51.5 Å². The third-order valence-corrected chi connectivity index (χ3v) is 4.15. The van der Waals surface area contributed by atoms with Gasteiger partial charge in [0.1, 0.15) is 17.4 Å². The molecule has 0 saturated carbocycles. The zero-order valence-corrected chi connectivity index (χ0v) is 12.7. The fraction of sp³-hybridized carbons (Fsp3) is 0.389. The van der Waals surface area contributed by atoms with Gasteiger partial charge in [-0.25, -0.2) is 0 Å². The number of carbonyl (C=O) groups is 1. The second-order valence-corrected chi connectivity index (χ2v) is 5.64. The van der Waals surface area contributed by atoms with E-state index in [1.165, 1.54) is 0 Å². The predicted octanol–water partition coefficient (Wildman–Crippen LogP) is 3.59.